The van der Waals surface area contributed by atoms with Crippen molar-refractivity contribution < 1.29 is 13.6 Å². The van der Waals surface area contributed by atoms with Gasteiger partial charge in [0.25, 0.3) is 0 Å². The molecule has 0 aliphatic carbocycles. The molecule has 2 heterocycles. The van der Waals surface area contributed by atoms with Crippen LogP contribution in [0.1, 0.15) is 11.3 Å². The van der Waals surface area contributed by atoms with Gasteiger partial charge in [0.15, 0.2) is 5.17 Å². The second-order valence-corrected chi connectivity index (χ2v) is 7.34. The van der Waals surface area contributed by atoms with Gasteiger partial charge in [-0.15, -0.1) is 5.10 Å². The van der Waals surface area contributed by atoms with Crippen LogP contribution in [-0.2, 0) is 11.2 Å². The van der Waals surface area contributed by atoms with E-state index in [4.69, 9.17) is 4.42 Å². The van der Waals surface area contributed by atoms with Gasteiger partial charge in [0.1, 0.15) is 17.3 Å². The van der Waals surface area contributed by atoms with E-state index >= 15 is 0 Å². The quantitative estimate of drug-likeness (QED) is 0.521. The SMILES string of the molecule is O=C1N/C(=N\N=C/c2ccc(-c3ccccc3)o2)S[C@@H]1Cc1ccc(F)cc1. The summed E-state index contributed by atoms with van der Waals surface area (Å²) in [5, 5.41) is 10.9. The Bertz CT molecular complexity index is 1030. The first-order chi connectivity index (χ1) is 13.7. The highest BCUT2D eigenvalue weighted by molar-refractivity contribution is 8.15. The van der Waals surface area contributed by atoms with Gasteiger partial charge in [-0.3, -0.25) is 4.79 Å². The third-order valence-corrected chi connectivity index (χ3v) is 5.20. The number of thioether (sulfide) groups is 1. The Labute approximate surface area is 165 Å². The van der Waals surface area contributed by atoms with Gasteiger partial charge in [-0.25, -0.2) is 4.39 Å². The summed E-state index contributed by atoms with van der Waals surface area (Å²) >= 11 is 1.31. The molecule has 1 aromatic heterocycles. The predicted octanol–water partition coefficient (Wildman–Crippen LogP) is 4.25. The second-order valence-electron chi connectivity index (χ2n) is 6.14. The molecule has 1 N–H and O–H groups in total. The van der Waals surface area contributed by atoms with E-state index in [0.717, 1.165) is 16.9 Å². The standard InChI is InChI=1S/C21H16FN3O2S/c22-16-8-6-14(7-9-16)12-19-20(26)24-21(28-19)25-23-13-17-10-11-18(27-17)15-4-2-1-3-5-15/h1-11,13,19H,12H2,(H,24,25,26)/b23-13-/t19-/m1/s1. The number of carbonyl (C=O) groups excluding carboxylic acids is 1. The number of rotatable bonds is 5. The summed E-state index contributed by atoms with van der Waals surface area (Å²) < 4.78 is 18.7. The molecule has 1 fully saturated rings. The van der Waals surface area contributed by atoms with Gasteiger partial charge >= 0.3 is 0 Å². The molecule has 0 unspecified atom stereocenters. The summed E-state index contributed by atoms with van der Waals surface area (Å²) in [5.41, 5.74) is 1.87. The molecule has 1 aliphatic heterocycles. The lowest BCUT2D eigenvalue weighted by Gasteiger charge is -2.04. The molecule has 0 saturated carbocycles. The van der Waals surface area contributed by atoms with Crippen molar-refractivity contribution >= 4 is 29.1 Å². The smallest absolute Gasteiger partial charge is 0.239 e. The van der Waals surface area contributed by atoms with Gasteiger partial charge in [-0.1, -0.05) is 54.2 Å². The van der Waals surface area contributed by atoms with Gasteiger partial charge in [0.2, 0.25) is 5.91 Å². The van der Waals surface area contributed by atoms with E-state index in [1.165, 1.54) is 30.1 Å². The molecule has 1 amide bonds. The lowest BCUT2D eigenvalue weighted by atomic mass is 10.1. The molecule has 1 saturated heterocycles. The van der Waals surface area contributed by atoms with Crippen LogP contribution in [0.3, 0.4) is 0 Å². The highest BCUT2D eigenvalue weighted by Crippen LogP contribution is 2.24. The Morgan fingerprint density at radius 1 is 1.07 bits per heavy atom. The normalized spacial score (nSPS) is 18.1. The molecule has 5 nitrogen and oxygen atoms in total. The number of halogens is 1. The fraction of sp³-hybridized carbons (Fsp3) is 0.0952. The molecular formula is C21H16FN3O2S. The van der Waals surface area contributed by atoms with E-state index in [-0.39, 0.29) is 17.0 Å². The topological polar surface area (TPSA) is 67.0 Å². The van der Waals surface area contributed by atoms with Crippen molar-refractivity contribution in [3.05, 3.63) is 83.9 Å². The number of hydrogen-bond acceptors (Lipinski definition) is 5. The first-order valence-corrected chi connectivity index (χ1v) is 9.53. The Kier molecular flexibility index (Phi) is 5.34. The number of carbonyl (C=O) groups is 1. The molecule has 28 heavy (non-hydrogen) atoms. The van der Waals surface area contributed by atoms with Crippen molar-refractivity contribution in [3.8, 4) is 11.3 Å². The summed E-state index contributed by atoms with van der Waals surface area (Å²) in [6.07, 6.45) is 2.00. The van der Waals surface area contributed by atoms with Gasteiger partial charge in [-0.2, -0.15) is 5.10 Å². The van der Waals surface area contributed by atoms with Gasteiger partial charge in [-0.05, 0) is 36.2 Å². The monoisotopic (exact) mass is 393 g/mol. The first-order valence-electron chi connectivity index (χ1n) is 8.65. The van der Waals surface area contributed by atoms with Crippen molar-refractivity contribution in [2.75, 3.05) is 0 Å². The zero-order valence-electron chi connectivity index (χ0n) is 14.7. The molecular weight excluding hydrogens is 377 g/mol. The third kappa shape index (κ3) is 4.37. The number of furan rings is 1. The van der Waals surface area contributed by atoms with Crippen molar-refractivity contribution in [2.24, 2.45) is 10.2 Å². The second kappa shape index (κ2) is 8.22. The highest BCUT2D eigenvalue weighted by Gasteiger charge is 2.30. The van der Waals surface area contributed by atoms with Crippen LogP contribution >= 0.6 is 11.8 Å². The summed E-state index contributed by atoms with van der Waals surface area (Å²) in [7, 11) is 0. The van der Waals surface area contributed by atoms with E-state index < -0.39 is 0 Å². The van der Waals surface area contributed by atoms with E-state index in [1.807, 2.05) is 42.5 Å². The number of amides is 1. The van der Waals surface area contributed by atoms with E-state index in [1.54, 1.807) is 12.1 Å². The molecule has 0 bridgehead atoms. The summed E-state index contributed by atoms with van der Waals surface area (Å²) in [6.45, 7) is 0. The van der Waals surface area contributed by atoms with Crippen LogP contribution in [0.4, 0.5) is 4.39 Å². The summed E-state index contributed by atoms with van der Waals surface area (Å²) in [6, 6.07) is 19.6. The summed E-state index contributed by atoms with van der Waals surface area (Å²) in [5.74, 6) is 0.892. The fourth-order valence-electron chi connectivity index (χ4n) is 2.74. The Morgan fingerprint density at radius 3 is 2.64 bits per heavy atom. The van der Waals surface area contributed by atoms with E-state index in [2.05, 4.69) is 15.5 Å². The molecule has 1 atom stereocenters. The van der Waals surface area contributed by atoms with Crippen LogP contribution in [-0.4, -0.2) is 22.5 Å². The zero-order valence-corrected chi connectivity index (χ0v) is 15.5. The third-order valence-electron chi connectivity index (χ3n) is 4.13. The van der Waals surface area contributed by atoms with Crippen molar-refractivity contribution in [2.45, 2.75) is 11.7 Å². The largest absolute Gasteiger partial charge is 0.455 e. The molecule has 140 valence electrons. The number of nitrogens with one attached hydrogen (secondary N) is 1. The fourth-order valence-corrected chi connectivity index (χ4v) is 3.70. The highest BCUT2D eigenvalue weighted by atomic mass is 32.2. The first kappa shape index (κ1) is 18.2. The molecule has 3 aromatic rings. The van der Waals surface area contributed by atoms with Gasteiger partial charge in [0.05, 0.1) is 11.5 Å². The van der Waals surface area contributed by atoms with Gasteiger partial charge < -0.3 is 9.73 Å². The number of benzene rings is 2. The van der Waals surface area contributed by atoms with Crippen LogP contribution < -0.4 is 5.32 Å². The average Bonchev–Trinajstić information content (AvgIpc) is 3.31. The number of nitrogens with zero attached hydrogens (tertiary/aromatic N) is 2. The Hall–Kier alpha value is -3.19. The van der Waals surface area contributed by atoms with Crippen LogP contribution in [0.25, 0.3) is 11.3 Å². The minimum absolute atomic E-state index is 0.132. The molecule has 4 rings (SSSR count). The van der Waals surface area contributed by atoms with Crippen LogP contribution in [0.2, 0.25) is 0 Å². The maximum absolute atomic E-state index is 13.0. The Balaban J connectivity index is 1.38. The maximum Gasteiger partial charge on any atom is 0.239 e. The van der Waals surface area contributed by atoms with Crippen molar-refractivity contribution in [1.82, 2.24) is 5.32 Å². The molecule has 7 heteroatoms. The molecule has 1 aliphatic rings. The van der Waals surface area contributed by atoms with Crippen molar-refractivity contribution in [1.29, 1.82) is 0 Å². The maximum atomic E-state index is 13.0. The van der Waals surface area contributed by atoms with Crippen LogP contribution in [0.5, 0.6) is 0 Å². The minimum Gasteiger partial charge on any atom is -0.455 e. The zero-order chi connectivity index (χ0) is 19.3. The predicted molar refractivity (Wildman–Crippen MR) is 109 cm³/mol. The minimum atomic E-state index is -0.312. The van der Waals surface area contributed by atoms with Crippen molar-refractivity contribution in [3.63, 3.8) is 0 Å². The van der Waals surface area contributed by atoms with E-state index in [9.17, 15) is 9.18 Å². The lowest BCUT2D eigenvalue weighted by molar-refractivity contribution is -0.118. The summed E-state index contributed by atoms with van der Waals surface area (Å²) in [4.78, 5) is 12.1. The molecule has 0 radical (unpaired) electrons. The molecule has 0 spiro atoms. The van der Waals surface area contributed by atoms with E-state index in [0.29, 0.717) is 17.3 Å². The number of amidine groups is 1. The average molecular weight is 393 g/mol. The van der Waals surface area contributed by atoms with Crippen LogP contribution in [0.15, 0.2) is 81.4 Å². The Morgan fingerprint density at radius 2 is 1.86 bits per heavy atom. The molecule has 2 aromatic carbocycles. The van der Waals surface area contributed by atoms with Crippen LogP contribution in [0, 0.1) is 5.82 Å². The van der Waals surface area contributed by atoms with Gasteiger partial charge in [0, 0.05) is 5.56 Å². The number of hydrogen-bond donors (Lipinski definition) is 1. The lowest BCUT2D eigenvalue weighted by Crippen LogP contribution is -2.25.